The fraction of sp³-hybridized carbons (Fsp3) is 0.0769. The normalized spacial score (nSPS) is 13.5. The highest BCUT2D eigenvalue weighted by molar-refractivity contribution is 5.94. The second-order valence-corrected chi connectivity index (χ2v) is 3.47. The summed E-state index contributed by atoms with van der Waals surface area (Å²) in [5, 5.41) is 2.80. The molecule has 0 radical (unpaired) electrons. The fourth-order valence-electron chi connectivity index (χ4n) is 2.07. The summed E-state index contributed by atoms with van der Waals surface area (Å²) in [5.41, 5.74) is 2.81. The summed E-state index contributed by atoms with van der Waals surface area (Å²) < 4.78 is 0. The maximum Gasteiger partial charge on any atom is 0 e. The molecule has 13 heavy (non-hydrogen) atoms. The molecule has 0 amide bonds. The molecule has 2 aromatic rings. The van der Waals surface area contributed by atoms with Gasteiger partial charge in [-0.3, -0.25) is 0 Å². The van der Waals surface area contributed by atoms with Crippen LogP contribution in [0.2, 0.25) is 0 Å². The Morgan fingerprint density at radius 2 is 1.85 bits per heavy atom. The van der Waals surface area contributed by atoms with Crippen molar-refractivity contribution >= 4 is 16.8 Å². The number of hydrogen-bond acceptors (Lipinski definition) is 0. The Kier molecular flexibility index (Phi) is 1.31. The van der Waals surface area contributed by atoms with Crippen LogP contribution >= 0.6 is 0 Å². The van der Waals surface area contributed by atoms with E-state index in [4.69, 9.17) is 0 Å². The van der Waals surface area contributed by atoms with E-state index in [0.717, 1.165) is 6.42 Å². The van der Waals surface area contributed by atoms with Crippen LogP contribution < -0.4 is 0 Å². The minimum atomic E-state index is 0. The molecule has 1 aliphatic rings. The van der Waals surface area contributed by atoms with E-state index < -0.39 is 0 Å². The molecule has 0 atom stereocenters. The van der Waals surface area contributed by atoms with Crippen LogP contribution in [-0.4, -0.2) is 0 Å². The van der Waals surface area contributed by atoms with Gasteiger partial charge in [-0.25, -0.2) is 0 Å². The van der Waals surface area contributed by atoms with Gasteiger partial charge >= 0.3 is 0 Å². The molecule has 0 saturated heterocycles. The second-order valence-electron chi connectivity index (χ2n) is 3.47. The lowest BCUT2D eigenvalue weighted by atomic mass is 9.93. The van der Waals surface area contributed by atoms with Gasteiger partial charge in [0, 0.05) is 1.43 Å². The van der Waals surface area contributed by atoms with E-state index in [0.29, 0.717) is 0 Å². The van der Waals surface area contributed by atoms with Crippen LogP contribution in [0.4, 0.5) is 0 Å². The van der Waals surface area contributed by atoms with Crippen LogP contribution in [0.25, 0.3) is 16.8 Å². The minimum absolute atomic E-state index is 0. The molecule has 2 aromatic carbocycles. The molecule has 0 heteroatoms. The van der Waals surface area contributed by atoms with Crippen LogP contribution in [-0.2, 0) is 6.42 Å². The SMILES string of the molecule is C1=Cc2cccc3cccc(c23)C1.[HH]. The summed E-state index contributed by atoms with van der Waals surface area (Å²) in [7, 11) is 0. The van der Waals surface area contributed by atoms with Gasteiger partial charge in [0.15, 0.2) is 0 Å². The molecule has 0 N–H and O–H groups in total. The Hall–Kier alpha value is -1.56. The van der Waals surface area contributed by atoms with Crippen LogP contribution in [0.15, 0.2) is 42.5 Å². The smallest absolute Gasteiger partial charge is 0 e. The van der Waals surface area contributed by atoms with Gasteiger partial charge in [-0.2, -0.15) is 0 Å². The van der Waals surface area contributed by atoms with E-state index in [1.807, 2.05) is 0 Å². The average molecular weight is 168 g/mol. The third kappa shape index (κ3) is 0.919. The molecule has 0 aliphatic heterocycles. The first-order valence-corrected chi connectivity index (χ1v) is 4.62. The van der Waals surface area contributed by atoms with E-state index in [1.54, 1.807) is 0 Å². The number of allylic oxidation sites excluding steroid dienone is 1. The van der Waals surface area contributed by atoms with Crippen molar-refractivity contribution in [2.45, 2.75) is 6.42 Å². The van der Waals surface area contributed by atoms with Crippen molar-refractivity contribution in [3.05, 3.63) is 53.6 Å². The highest BCUT2D eigenvalue weighted by Gasteiger charge is 2.06. The first-order valence-electron chi connectivity index (χ1n) is 4.62. The van der Waals surface area contributed by atoms with Crippen molar-refractivity contribution in [3.8, 4) is 0 Å². The summed E-state index contributed by atoms with van der Waals surface area (Å²) in [6.45, 7) is 0. The first kappa shape index (κ1) is 6.90. The standard InChI is InChI=1S/C13H10.H2/c1-4-10-6-2-8-12-9-3-7-11(5-1)13(10)12;/h1-8H,9H2;1H. The molecule has 3 rings (SSSR count). The highest BCUT2D eigenvalue weighted by atomic mass is 14.1. The fourth-order valence-corrected chi connectivity index (χ4v) is 2.07. The predicted octanol–water partition coefficient (Wildman–Crippen LogP) is 3.66. The quantitative estimate of drug-likeness (QED) is 0.563. The largest absolute Gasteiger partial charge is 0.0795 e. The molecule has 0 bridgehead atoms. The van der Waals surface area contributed by atoms with E-state index in [1.165, 1.54) is 21.9 Å². The maximum atomic E-state index is 2.23. The number of hydrogen-bond donors (Lipinski definition) is 0. The third-order valence-corrected chi connectivity index (χ3v) is 2.66. The first-order chi connectivity index (χ1) is 6.45. The Labute approximate surface area is 79.0 Å². The zero-order valence-corrected chi connectivity index (χ0v) is 7.33. The molecule has 0 spiro atoms. The molecular formula is C13H12. The van der Waals surface area contributed by atoms with Gasteiger partial charge in [0.05, 0.1) is 0 Å². The van der Waals surface area contributed by atoms with Crippen LogP contribution in [0, 0.1) is 0 Å². The molecule has 0 fully saturated rings. The molecule has 0 heterocycles. The monoisotopic (exact) mass is 168 g/mol. The minimum Gasteiger partial charge on any atom is -0.0795 e. The van der Waals surface area contributed by atoms with Gasteiger partial charge in [0.2, 0.25) is 0 Å². The van der Waals surface area contributed by atoms with E-state index in [-0.39, 0.29) is 1.43 Å². The summed E-state index contributed by atoms with van der Waals surface area (Å²) >= 11 is 0. The predicted molar refractivity (Wildman–Crippen MR) is 58.8 cm³/mol. The lowest BCUT2D eigenvalue weighted by Crippen LogP contribution is -1.91. The van der Waals surface area contributed by atoms with Gasteiger partial charge in [0.1, 0.15) is 0 Å². The second kappa shape index (κ2) is 2.46. The number of rotatable bonds is 0. The van der Waals surface area contributed by atoms with Gasteiger partial charge in [0.25, 0.3) is 0 Å². The van der Waals surface area contributed by atoms with Crippen LogP contribution in [0.1, 0.15) is 12.6 Å². The van der Waals surface area contributed by atoms with Crippen LogP contribution in [0.5, 0.6) is 0 Å². The maximum absolute atomic E-state index is 2.23. The van der Waals surface area contributed by atoms with Gasteiger partial charge in [-0.1, -0.05) is 48.6 Å². The van der Waals surface area contributed by atoms with Crippen LogP contribution in [0.3, 0.4) is 0 Å². The molecular weight excluding hydrogens is 156 g/mol. The van der Waals surface area contributed by atoms with Crippen molar-refractivity contribution in [2.24, 2.45) is 0 Å². The highest BCUT2D eigenvalue weighted by Crippen LogP contribution is 2.27. The molecule has 0 saturated carbocycles. The Morgan fingerprint density at radius 1 is 1.00 bits per heavy atom. The topological polar surface area (TPSA) is 0 Å². The molecule has 1 aliphatic carbocycles. The summed E-state index contributed by atoms with van der Waals surface area (Å²) in [4.78, 5) is 0. The van der Waals surface area contributed by atoms with Gasteiger partial charge in [-0.15, -0.1) is 0 Å². The lowest BCUT2D eigenvalue weighted by molar-refractivity contribution is 1.29. The zero-order chi connectivity index (χ0) is 8.67. The average Bonchev–Trinajstić information content (AvgIpc) is 2.19. The Balaban J connectivity index is 0.000000750. The molecule has 64 valence electrons. The van der Waals surface area contributed by atoms with Crippen molar-refractivity contribution in [2.75, 3.05) is 0 Å². The number of benzene rings is 2. The van der Waals surface area contributed by atoms with Crippen molar-refractivity contribution < 1.29 is 1.43 Å². The Bertz CT molecular complexity index is 492. The molecule has 0 unspecified atom stereocenters. The van der Waals surface area contributed by atoms with E-state index in [9.17, 15) is 0 Å². The third-order valence-electron chi connectivity index (χ3n) is 2.66. The summed E-state index contributed by atoms with van der Waals surface area (Å²) in [6, 6.07) is 13.0. The van der Waals surface area contributed by atoms with Gasteiger partial charge in [-0.05, 0) is 28.3 Å². The van der Waals surface area contributed by atoms with Gasteiger partial charge < -0.3 is 0 Å². The van der Waals surface area contributed by atoms with Crippen molar-refractivity contribution in [1.82, 2.24) is 0 Å². The summed E-state index contributed by atoms with van der Waals surface area (Å²) in [5.74, 6) is 0. The lowest BCUT2D eigenvalue weighted by Gasteiger charge is -2.11. The van der Waals surface area contributed by atoms with E-state index in [2.05, 4.69) is 48.6 Å². The van der Waals surface area contributed by atoms with E-state index >= 15 is 0 Å². The van der Waals surface area contributed by atoms with Crippen molar-refractivity contribution in [1.29, 1.82) is 0 Å². The van der Waals surface area contributed by atoms with Crippen molar-refractivity contribution in [3.63, 3.8) is 0 Å². The molecule has 0 nitrogen and oxygen atoms in total. The zero-order valence-electron chi connectivity index (χ0n) is 7.33. The summed E-state index contributed by atoms with van der Waals surface area (Å²) in [6.07, 6.45) is 5.53. The molecule has 0 aromatic heterocycles. The Morgan fingerprint density at radius 3 is 2.77 bits per heavy atom.